The summed E-state index contributed by atoms with van der Waals surface area (Å²) in [6.45, 7) is 5.23. The van der Waals surface area contributed by atoms with E-state index in [2.05, 4.69) is 37.5 Å². The van der Waals surface area contributed by atoms with Gasteiger partial charge in [-0.2, -0.15) is 0 Å². The molecule has 214 valence electrons. The standard InChI is InChI=1S/C31H31FN8O2/c1-4-28(41)35-20-8-6-5-7-19(15-20)22-10-11-24-30(36-22)31(34-17-33-24)37-23-12-14-27(18(2)29(23)32)42-21-9-13-26-25(16-21)38-39-40(26)3/h4,9-14,16-17,19-20H,1,5-8,15H2,2-3H3,(H,35,41)(H,33,34,37)/t19?,20-/m0/s1. The number of nitrogens with one attached hydrogen (secondary N) is 2. The van der Waals surface area contributed by atoms with Crippen molar-refractivity contribution in [2.75, 3.05) is 5.32 Å². The SMILES string of the molecule is C=CC(=O)N[C@H]1CCCCC(c2ccc3ncnc(Nc4ccc(Oc5ccc6c(c5)nnn6C)c(C)c4F)c3n2)C1. The van der Waals surface area contributed by atoms with E-state index in [1.54, 1.807) is 35.9 Å². The van der Waals surface area contributed by atoms with Gasteiger partial charge in [0, 0.05) is 36.3 Å². The molecular formula is C31H31FN8O2. The molecule has 0 saturated heterocycles. The van der Waals surface area contributed by atoms with Gasteiger partial charge in [0.2, 0.25) is 5.91 Å². The minimum absolute atomic E-state index is 0.0606. The lowest BCUT2D eigenvalue weighted by atomic mass is 9.94. The number of aryl methyl sites for hydroxylation is 1. The van der Waals surface area contributed by atoms with Crippen LogP contribution in [0.5, 0.6) is 11.5 Å². The maximum Gasteiger partial charge on any atom is 0.243 e. The van der Waals surface area contributed by atoms with E-state index in [1.165, 1.54) is 12.4 Å². The summed E-state index contributed by atoms with van der Waals surface area (Å²) in [6, 6.07) is 12.7. The van der Waals surface area contributed by atoms with Crippen LogP contribution in [-0.4, -0.2) is 41.9 Å². The van der Waals surface area contributed by atoms with Crippen molar-refractivity contribution in [3.8, 4) is 11.5 Å². The third-order valence-electron chi connectivity index (χ3n) is 7.78. The van der Waals surface area contributed by atoms with Gasteiger partial charge in [-0.3, -0.25) is 4.79 Å². The first kappa shape index (κ1) is 27.3. The van der Waals surface area contributed by atoms with Crippen molar-refractivity contribution in [2.45, 2.75) is 51.0 Å². The van der Waals surface area contributed by atoms with Gasteiger partial charge >= 0.3 is 0 Å². The molecule has 6 rings (SSSR count). The number of benzene rings is 2. The van der Waals surface area contributed by atoms with Crippen LogP contribution in [0.25, 0.3) is 22.1 Å². The maximum atomic E-state index is 15.6. The molecule has 1 fully saturated rings. The zero-order valence-corrected chi connectivity index (χ0v) is 23.5. The Morgan fingerprint density at radius 2 is 1.98 bits per heavy atom. The Morgan fingerprint density at radius 1 is 1.12 bits per heavy atom. The van der Waals surface area contributed by atoms with Gasteiger partial charge in [-0.1, -0.05) is 24.6 Å². The molecule has 0 radical (unpaired) electrons. The first-order valence-corrected chi connectivity index (χ1v) is 14.0. The van der Waals surface area contributed by atoms with Crippen molar-refractivity contribution < 1.29 is 13.9 Å². The summed E-state index contributed by atoms with van der Waals surface area (Å²) < 4.78 is 23.3. The molecule has 10 nitrogen and oxygen atoms in total. The molecule has 42 heavy (non-hydrogen) atoms. The fourth-order valence-corrected chi connectivity index (χ4v) is 5.51. The highest BCUT2D eigenvalue weighted by Gasteiger charge is 2.24. The molecule has 5 aromatic rings. The lowest BCUT2D eigenvalue weighted by Crippen LogP contribution is -2.34. The fraction of sp³-hybridized carbons (Fsp3) is 0.290. The number of carbonyl (C=O) groups excluding carboxylic acids is 1. The third kappa shape index (κ3) is 5.50. The van der Waals surface area contributed by atoms with Crippen LogP contribution in [0, 0.1) is 12.7 Å². The predicted molar refractivity (Wildman–Crippen MR) is 158 cm³/mol. The molecule has 2 N–H and O–H groups in total. The summed E-state index contributed by atoms with van der Waals surface area (Å²) in [5.74, 6) is 0.881. The summed E-state index contributed by atoms with van der Waals surface area (Å²) in [5, 5.41) is 14.3. The number of ether oxygens (including phenoxy) is 1. The Kier molecular flexibility index (Phi) is 7.47. The lowest BCUT2D eigenvalue weighted by Gasteiger charge is -2.21. The summed E-state index contributed by atoms with van der Waals surface area (Å²) in [6.07, 6.45) is 7.50. The molecule has 1 aliphatic carbocycles. The molecule has 2 aromatic carbocycles. The van der Waals surface area contributed by atoms with Crippen molar-refractivity contribution in [1.29, 1.82) is 0 Å². The number of hydrogen-bond donors (Lipinski definition) is 2. The molecule has 3 aromatic heterocycles. The largest absolute Gasteiger partial charge is 0.457 e. The minimum Gasteiger partial charge on any atom is -0.457 e. The second kappa shape index (κ2) is 11.5. The minimum atomic E-state index is -0.458. The van der Waals surface area contributed by atoms with Crippen LogP contribution in [0.2, 0.25) is 0 Å². The predicted octanol–water partition coefficient (Wildman–Crippen LogP) is 6.01. The molecule has 1 aliphatic rings. The van der Waals surface area contributed by atoms with Crippen LogP contribution in [0.15, 0.2) is 61.4 Å². The molecule has 3 heterocycles. The van der Waals surface area contributed by atoms with Gasteiger partial charge in [-0.25, -0.2) is 24.0 Å². The van der Waals surface area contributed by atoms with E-state index in [4.69, 9.17) is 9.72 Å². The number of fused-ring (bicyclic) bond motifs is 2. The summed E-state index contributed by atoms with van der Waals surface area (Å²) in [7, 11) is 1.82. The average molecular weight is 567 g/mol. The average Bonchev–Trinajstić information content (AvgIpc) is 3.21. The van der Waals surface area contributed by atoms with E-state index >= 15 is 4.39 Å². The van der Waals surface area contributed by atoms with Crippen molar-refractivity contribution in [3.63, 3.8) is 0 Å². The second-order valence-electron chi connectivity index (χ2n) is 10.6. The first-order chi connectivity index (χ1) is 20.4. The van der Waals surface area contributed by atoms with E-state index in [0.717, 1.165) is 43.3 Å². The monoisotopic (exact) mass is 566 g/mol. The second-order valence-corrected chi connectivity index (χ2v) is 10.6. The van der Waals surface area contributed by atoms with Gasteiger partial charge in [-0.15, -0.1) is 5.10 Å². The Labute approximate surface area is 242 Å². The van der Waals surface area contributed by atoms with E-state index in [9.17, 15) is 4.79 Å². The van der Waals surface area contributed by atoms with Gasteiger partial charge in [0.25, 0.3) is 0 Å². The molecule has 0 spiro atoms. The Hall–Kier alpha value is -4.93. The van der Waals surface area contributed by atoms with Gasteiger partial charge < -0.3 is 15.4 Å². The van der Waals surface area contributed by atoms with Crippen molar-refractivity contribution in [1.82, 2.24) is 35.3 Å². The molecule has 1 unspecified atom stereocenters. The van der Waals surface area contributed by atoms with Crippen LogP contribution in [0.3, 0.4) is 0 Å². The number of hydrogen-bond acceptors (Lipinski definition) is 8. The molecule has 1 saturated carbocycles. The Balaban J connectivity index is 1.25. The van der Waals surface area contributed by atoms with Crippen LogP contribution < -0.4 is 15.4 Å². The number of nitrogens with zero attached hydrogens (tertiary/aromatic N) is 6. The zero-order valence-electron chi connectivity index (χ0n) is 23.5. The number of halogens is 1. The maximum absolute atomic E-state index is 15.6. The molecule has 11 heteroatoms. The van der Waals surface area contributed by atoms with E-state index in [-0.39, 0.29) is 23.6 Å². The van der Waals surface area contributed by atoms with Crippen LogP contribution in [-0.2, 0) is 11.8 Å². The summed E-state index contributed by atoms with van der Waals surface area (Å²) in [4.78, 5) is 25.6. The van der Waals surface area contributed by atoms with Gasteiger partial charge in [0.05, 0.1) is 16.7 Å². The van der Waals surface area contributed by atoms with E-state index in [0.29, 0.717) is 39.4 Å². The highest BCUT2D eigenvalue weighted by molar-refractivity contribution is 5.88. The molecule has 0 aliphatic heterocycles. The van der Waals surface area contributed by atoms with E-state index in [1.807, 2.05) is 25.2 Å². The Morgan fingerprint density at radius 3 is 2.83 bits per heavy atom. The lowest BCUT2D eigenvalue weighted by molar-refractivity contribution is -0.117. The highest BCUT2D eigenvalue weighted by Crippen LogP contribution is 2.35. The van der Waals surface area contributed by atoms with Crippen LogP contribution in [0.4, 0.5) is 15.9 Å². The topological polar surface area (TPSA) is 120 Å². The zero-order chi connectivity index (χ0) is 29.2. The Bertz CT molecular complexity index is 1800. The number of pyridine rings is 1. The number of carbonyl (C=O) groups is 1. The van der Waals surface area contributed by atoms with E-state index < -0.39 is 5.82 Å². The fourth-order valence-electron chi connectivity index (χ4n) is 5.51. The molecule has 2 atom stereocenters. The number of amides is 1. The third-order valence-corrected chi connectivity index (χ3v) is 7.78. The smallest absolute Gasteiger partial charge is 0.243 e. The highest BCUT2D eigenvalue weighted by atomic mass is 19.1. The van der Waals surface area contributed by atoms with Gasteiger partial charge in [0.15, 0.2) is 11.6 Å². The van der Waals surface area contributed by atoms with Crippen molar-refractivity contribution in [3.05, 3.63) is 78.5 Å². The summed E-state index contributed by atoms with van der Waals surface area (Å²) in [5.41, 5.74) is 4.27. The molecular weight excluding hydrogens is 535 g/mol. The molecule has 1 amide bonds. The molecule has 0 bridgehead atoms. The van der Waals surface area contributed by atoms with Crippen LogP contribution in [0.1, 0.15) is 49.3 Å². The van der Waals surface area contributed by atoms with Gasteiger partial charge in [-0.05, 0) is 68.7 Å². The first-order valence-electron chi connectivity index (χ1n) is 14.0. The number of rotatable bonds is 7. The van der Waals surface area contributed by atoms with Crippen LogP contribution >= 0.6 is 0 Å². The number of aromatic nitrogens is 6. The van der Waals surface area contributed by atoms with Gasteiger partial charge in [0.1, 0.15) is 28.9 Å². The number of anilines is 2. The van der Waals surface area contributed by atoms with Crippen molar-refractivity contribution in [2.24, 2.45) is 7.05 Å². The van der Waals surface area contributed by atoms with Crippen molar-refractivity contribution >= 4 is 39.5 Å². The summed E-state index contributed by atoms with van der Waals surface area (Å²) >= 11 is 0. The normalized spacial score (nSPS) is 17.1. The quantitative estimate of drug-likeness (QED) is 0.182.